The number of nitrogens with one attached hydrogen (secondary N) is 1. The first-order chi connectivity index (χ1) is 15.1. The lowest BCUT2D eigenvalue weighted by atomic mass is 9.95. The van der Waals surface area contributed by atoms with Crippen molar-refractivity contribution in [3.8, 4) is 10.4 Å². The van der Waals surface area contributed by atoms with Crippen LogP contribution in [0.3, 0.4) is 0 Å². The van der Waals surface area contributed by atoms with Crippen molar-refractivity contribution in [2.24, 2.45) is 11.8 Å². The van der Waals surface area contributed by atoms with E-state index in [1.807, 2.05) is 60.7 Å². The Morgan fingerprint density at radius 1 is 1.06 bits per heavy atom. The highest BCUT2D eigenvalue weighted by Crippen LogP contribution is 2.31. The Bertz CT molecular complexity index is 1020. The third kappa shape index (κ3) is 5.18. The maximum Gasteiger partial charge on any atom is 0.311 e. The molecule has 0 bridgehead atoms. The van der Waals surface area contributed by atoms with Crippen LogP contribution in [0.2, 0.25) is 0 Å². The molecular weight excluding hydrogens is 410 g/mol. The number of likely N-dealkylation sites (tertiary alicyclic amines) is 1. The van der Waals surface area contributed by atoms with Crippen molar-refractivity contribution < 1.29 is 14.3 Å². The van der Waals surface area contributed by atoms with Crippen molar-refractivity contribution >= 4 is 28.3 Å². The molecule has 1 aliphatic rings. The highest BCUT2D eigenvalue weighted by molar-refractivity contribution is 7.19. The summed E-state index contributed by atoms with van der Waals surface area (Å²) in [6.07, 6.45) is 1.76. The maximum absolute atomic E-state index is 13.1. The van der Waals surface area contributed by atoms with Crippen molar-refractivity contribution in [1.29, 1.82) is 0 Å². The van der Waals surface area contributed by atoms with Crippen LogP contribution in [0.15, 0.2) is 66.9 Å². The summed E-state index contributed by atoms with van der Waals surface area (Å²) >= 11 is 1.42. The molecule has 0 saturated carbocycles. The summed E-state index contributed by atoms with van der Waals surface area (Å²) in [5.74, 6) is -1.48. The van der Waals surface area contributed by atoms with Crippen LogP contribution in [0, 0.1) is 11.8 Å². The molecule has 1 saturated heterocycles. The minimum Gasteiger partial charge on any atom is -0.466 e. The predicted octanol–water partition coefficient (Wildman–Crippen LogP) is 4.06. The van der Waals surface area contributed by atoms with Crippen LogP contribution in [0.5, 0.6) is 0 Å². The Kier molecular flexibility index (Phi) is 6.74. The summed E-state index contributed by atoms with van der Waals surface area (Å²) in [7, 11) is 0. The summed E-state index contributed by atoms with van der Waals surface area (Å²) < 4.78 is 5.26. The second-order valence-corrected chi connectivity index (χ2v) is 8.56. The van der Waals surface area contributed by atoms with Crippen LogP contribution < -0.4 is 5.32 Å². The van der Waals surface area contributed by atoms with Gasteiger partial charge in [-0.1, -0.05) is 72.0 Å². The van der Waals surface area contributed by atoms with Crippen LogP contribution >= 0.6 is 11.3 Å². The maximum atomic E-state index is 13.1. The Labute approximate surface area is 185 Å². The van der Waals surface area contributed by atoms with E-state index in [1.165, 1.54) is 11.3 Å². The van der Waals surface area contributed by atoms with Crippen molar-refractivity contribution in [2.75, 3.05) is 25.0 Å². The molecule has 0 spiro atoms. The lowest BCUT2D eigenvalue weighted by Crippen LogP contribution is -2.33. The van der Waals surface area contributed by atoms with Crippen molar-refractivity contribution in [3.05, 3.63) is 72.4 Å². The largest absolute Gasteiger partial charge is 0.466 e. The summed E-state index contributed by atoms with van der Waals surface area (Å²) in [6, 6.07) is 20.0. The fraction of sp³-hybridized carbons (Fsp3) is 0.292. The molecule has 31 heavy (non-hydrogen) atoms. The van der Waals surface area contributed by atoms with Gasteiger partial charge in [0.2, 0.25) is 5.91 Å². The van der Waals surface area contributed by atoms with Crippen molar-refractivity contribution in [1.82, 2.24) is 9.88 Å². The molecule has 1 N–H and O–H groups in total. The molecule has 1 fully saturated rings. The van der Waals surface area contributed by atoms with Crippen molar-refractivity contribution in [2.45, 2.75) is 13.5 Å². The third-order valence-electron chi connectivity index (χ3n) is 5.36. The number of anilines is 1. The van der Waals surface area contributed by atoms with Gasteiger partial charge in [-0.2, -0.15) is 0 Å². The predicted molar refractivity (Wildman–Crippen MR) is 122 cm³/mol. The monoisotopic (exact) mass is 435 g/mol. The number of thiazole rings is 1. The number of rotatable bonds is 7. The molecule has 1 aromatic heterocycles. The summed E-state index contributed by atoms with van der Waals surface area (Å²) in [4.78, 5) is 33.1. The molecule has 6 nitrogen and oxygen atoms in total. The summed E-state index contributed by atoms with van der Waals surface area (Å²) in [5, 5.41) is 3.45. The van der Waals surface area contributed by atoms with E-state index in [0.717, 1.165) is 16.0 Å². The first-order valence-electron chi connectivity index (χ1n) is 10.4. The fourth-order valence-corrected chi connectivity index (χ4v) is 4.70. The molecule has 0 radical (unpaired) electrons. The quantitative estimate of drug-likeness (QED) is 0.567. The molecular formula is C24H25N3O3S. The number of amides is 1. The zero-order chi connectivity index (χ0) is 21.6. The Hall–Kier alpha value is -3.03. The van der Waals surface area contributed by atoms with Gasteiger partial charge in [0.1, 0.15) is 0 Å². The van der Waals surface area contributed by atoms with E-state index in [0.29, 0.717) is 31.4 Å². The zero-order valence-electron chi connectivity index (χ0n) is 17.4. The van der Waals surface area contributed by atoms with Gasteiger partial charge < -0.3 is 10.1 Å². The second-order valence-electron chi connectivity index (χ2n) is 7.53. The third-order valence-corrected chi connectivity index (χ3v) is 6.33. The molecule has 2 aromatic carbocycles. The van der Waals surface area contributed by atoms with E-state index in [9.17, 15) is 9.59 Å². The molecule has 160 valence electrons. The standard InChI is InChI=1S/C24H25N3O3S/c1-2-30-23(29)20-16-27(14-17-9-5-3-6-10-17)15-19(20)22(28)26-24-25-13-21(31-24)18-11-7-4-8-12-18/h3-13,19-20H,2,14-16H2,1H3,(H,25,26,28)/t19-,20-/m0/s1. The van der Waals surface area contributed by atoms with E-state index in [-0.39, 0.29) is 11.9 Å². The summed E-state index contributed by atoms with van der Waals surface area (Å²) in [6.45, 7) is 3.77. The van der Waals surface area contributed by atoms with Gasteiger partial charge >= 0.3 is 5.97 Å². The Morgan fingerprint density at radius 2 is 1.74 bits per heavy atom. The molecule has 0 unspecified atom stereocenters. The number of hydrogen-bond donors (Lipinski definition) is 1. The number of ether oxygens (including phenoxy) is 1. The molecule has 1 aliphatic heterocycles. The highest BCUT2D eigenvalue weighted by atomic mass is 32.1. The summed E-state index contributed by atoms with van der Waals surface area (Å²) in [5.41, 5.74) is 2.21. The molecule has 1 amide bonds. The van der Waals surface area contributed by atoms with Gasteiger partial charge in [-0.15, -0.1) is 0 Å². The first-order valence-corrected chi connectivity index (χ1v) is 11.2. The van der Waals surface area contributed by atoms with E-state index >= 15 is 0 Å². The topological polar surface area (TPSA) is 71.5 Å². The number of carbonyl (C=O) groups is 2. The Balaban J connectivity index is 1.46. The van der Waals surface area contributed by atoms with Crippen LogP contribution in [0.4, 0.5) is 5.13 Å². The lowest BCUT2D eigenvalue weighted by molar-refractivity contribution is -0.150. The number of hydrogen-bond acceptors (Lipinski definition) is 6. The fourth-order valence-electron chi connectivity index (χ4n) is 3.88. The minimum absolute atomic E-state index is 0.192. The number of aromatic nitrogens is 1. The smallest absolute Gasteiger partial charge is 0.311 e. The molecule has 0 aliphatic carbocycles. The van der Waals surface area contributed by atoms with E-state index in [1.54, 1.807) is 13.1 Å². The average Bonchev–Trinajstić information content (AvgIpc) is 3.43. The molecule has 7 heteroatoms. The van der Waals surface area contributed by atoms with Gasteiger partial charge in [0.15, 0.2) is 5.13 Å². The van der Waals surface area contributed by atoms with E-state index in [2.05, 4.69) is 15.2 Å². The number of carbonyl (C=O) groups excluding carboxylic acids is 2. The molecule has 2 heterocycles. The van der Waals surface area contributed by atoms with E-state index < -0.39 is 11.8 Å². The average molecular weight is 436 g/mol. The normalized spacial score (nSPS) is 18.6. The van der Waals surface area contributed by atoms with Crippen LogP contribution in [-0.2, 0) is 20.9 Å². The van der Waals surface area contributed by atoms with Crippen LogP contribution in [0.25, 0.3) is 10.4 Å². The number of benzene rings is 2. The molecule has 2 atom stereocenters. The van der Waals surface area contributed by atoms with Gasteiger partial charge in [-0.25, -0.2) is 4.98 Å². The van der Waals surface area contributed by atoms with Gasteiger partial charge in [0.25, 0.3) is 0 Å². The van der Waals surface area contributed by atoms with Crippen LogP contribution in [-0.4, -0.2) is 41.5 Å². The second kappa shape index (κ2) is 9.85. The number of nitrogens with zero attached hydrogens (tertiary/aromatic N) is 2. The van der Waals surface area contributed by atoms with Gasteiger partial charge in [-0.05, 0) is 18.1 Å². The van der Waals surface area contributed by atoms with Gasteiger partial charge in [0.05, 0.1) is 23.3 Å². The molecule has 4 rings (SSSR count). The van der Waals surface area contributed by atoms with Crippen molar-refractivity contribution in [3.63, 3.8) is 0 Å². The number of esters is 1. The zero-order valence-corrected chi connectivity index (χ0v) is 18.2. The van der Waals surface area contributed by atoms with Gasteiger partial charge in [-0.3, -0.25) is 14.5 Å². The lowest BCUT2D eigenvalue weighted by Gasteiger charge is -2.15. The SMILES string of the molecule is CCOC(=O)[C@H]1CN(Cc2ccccc2)C[C@@H]1C(=O)Nc1ncc(-c2ccccc2)s1. The highest BCUT2D eigenvalue weighted by Gasteiger charge is 2.42. The molecule has 3 aromatic rings. The first kappa shape index (κ1) is 21.2. The van der Waals surface area contributed by atoms with Crippen LogP contribution in [0.1, 0.15) is 12.5 Å². The Morgan fingerprint density at radius 3 is 2.45 bits per heavy atom. The van der Waals surface area contributed by atoms with E-state index in [4.69, 9.17) is 4.74 Å². The van der Waals surface area contributed by atoms with Gasteiger partial charge in [0, 0.05) is 25.8 Å². The minimum atomic E-state index is -0.489.